The van der Waals surface area contributed by atoms with Crippen LogP contribution < -0.4 is 11.5 Å². The summed E-state index contributed by atoms with van der Waals surface area (Å²) in [5.41, 5.74) is 13.3. The Bertz CT molecular complexity index is 524. The molecule has 0 aromatic carbocycles. The molecule has 7 nitrogen and oxygen atoms in total. The first-order valence-electron chi connectivity index (χ1n) is 6.62. The van der Waals surface area contributed by atoms with Gasteiger partial charge in [0.1, 0.15) is 5.60 Å². The summed E-state index contributed by atoms with van der Waals surface area (Å²) >= 11 is 0. The van der Waals surface area contributed by atoms with Crippen molar-refractivity contribution in [1.29, 1.82) is 0 Å². The first-order valence-corrected chi connectivity index (χ1v) is 6.62. The summed E-state index contributed by atoms with van der Waals surface area (Å²) < 4.78 is 5.37. The van der Waals surface area contributed by atoms with Gasteiger partial charge in [0, 0.05) is 12.0 Å². The zero-order valence-corrected chi connectivity index (χ0v) is 12.1. The van der Waals surface area contributed by atoms with E-state index in [1.807, 2.05) is 20.8 Å². The fraction of sp³-hybridized carbons (Fsp3) is 0.615. The highest BCUT2D eigenvalue weighted by atomic mass is 16.6. The number of rotatable bonds is 2. The average Bonchev–Trinajstić information content (AvgIpc) is 2.70. The standard InChI is InChI=1S/C13H21N5O2/c1-13(2,3)20-12(19)18-6-8-9(4-5-14)16-11(15)17-10(8)7-18/h4-7,14H2,1-3H3,(H2,15,16,17). The van der Waals surface area contributed by atoms with Gasteiger partial charge < -0.3 is 16.2 Å². The fourth-order valence-corrected chi connectivity index (χ4v) is 2.14. The molecule has 1 aliphatic heterocycles. The molecule has 20 heavy (non-hydrogen) atoms. The minimum absolute atomic E-state index is 0.221. The van der Waals surface area contributed by atoms with Crippen LogP contribution in [-0.2, 0) is 24.2 Å². The third-order valence-electron chi connectivity index (χ3n) is 2.92. The van der Waals surface area contributed by atoms with Gasteiger partial charge in [-0.2, -0.15) is 0 Å². The molecular weight excluding hydrogens is 258 g/mol. The van der Waals surface area contributed by atoms with Gasteiger partial charge in [-0.1, -0.05) is 0 Å². The highest BCUT2D eigenvalue weighted by Gasteiger charge is 2.30. The number of nitrogen functional groups attached to an aromatic ring is 1. The maximum Gasteiger partial charge on any atom is 0.410 e. The minimum atomic E-state index is -0.517. The first kappa shape index (κ1) is 14.5. The molecule has 0 saturated carbocycles. The zero-order chi connectivity index (χ0) is 14.9. The number of fused-ring (bicyclic) bond motifs is 1. The summed E-state index contributed by atoms with van der Waals surface area (Å²) in [4.78, 5) is 22.1. The van der Waals surface area contributed by atoms with E-state index in [9.17, 15) is 4.79 Å². The number of hydrogen-bond acceptors (Lipinski definition) is 6. The number of hydrogen-bond donors (Lipinski definition) is 2. The Kier molecular flexibility index (Phi) is 3.80. The third-order valence-corrected chi connectivity index (χ3v) is 2.92. The van der Waals surface area contributed by atoms with E-state index in [4.69, 9.17) is 16.2 Å². The summed E-state index contributed by atoms with van der Waals surface area (Å²) in [6.45, 7) is 6.84. The summed E-state index contributed by atoms with van der Waals surface area (Å²) in [7, 11) is 0. The summed E-state index contributed by atoms with van der Waals surface area (Å²) in [6.07, 6.45) is 0.268. The largest absolute Gasteiger partial charge is 0.444 e. The molecule has 0 fully saturated rings. The van der Waals surface area contributed by atoms with Crippen molar-refractivity contribution < 1.29 is 9.53 Å². The Balaban J connectivity index is 2.18. The van der Waals surface area contributed by atoms with Gasteiger partial charge in [-0.15, -0.1) is 0 Å². The number of carbonyl (C=O) groups excluding carboxylic acids is 1. The number of aromatic nitrogens is 2. The van der Waals surface area contributed by atoms with Crippen molar-refractivity contribution in [3.05, 3.63) is 17.0 Å². The molecule has 0 atom stereocenters. The molecule has 0 spiro atoms. The van der Waals surface area contributed by atoms with Gasteiger partial charge in [0.25, 0.3) is 0 Å². The number of ether oxygens (including phenoxy) is 1. The number of carbonyl (C=O) groups is 1. The summed E-state index contributed by atoms with van der Waals surface area (Å²) in [5, 5.41) is 0. The topological polar surface area (TPSA) is 107 Å². The second-order valence-corrected chi connectivity index (χ2v) is 5.83. The molecule has 1 amide bonds. The Hall–Kier alpha value is -1.89. The van der Waals surface area contributed by atoms with Crippen LogP contribution in [-0.4, -0.2) is 33.1 Å². The van der Waals surface area contributed by atoms with E-state index < -0.39 is 5.60 Å². The molecule has 2 rings (SSSR count). The molecule has 0 unspecified atom stereocenters. The molecule has 0 saturated heterocycles. The molecule has 4 N–H and O–H groups in total. The van der Waals surface area contributed by atoms with Crippen LogP contribution in [0.5, 0.6) is 0 Å². The number of nitrogens with two attached hydrogens (primary N) is 2. The van der Waals surface area contributed by atoms with E-state index in [0.29, 0.717) is 26.1 Å². The van der Waals surface area contributed by atoms with Crippen LogP contribution >= 0.6 is 0 Å². The molecule has 110 valence electrons. The van der Waals surface area contributed by atoms with Gasteiger partial charge in [0.15, 0.2) is 0 Å². The maximum absolute atomic E-state index is 12.1. The number of amides is 1. The number of anilines is 1. The van der Waals surface area contributed by atoms with Crippen molar-refractivity contribution in [2.45, 2.75) is 45.9 Å². The van der Waals surface area contributed by atoms with Crippen LogP contribution in [0.1, 0.15) is 37.7 Å². The van der Waals surface area contributed by atoms with Gasteiger partial charge in [-0.25, -0.2) is 14.8 Å². The van der Waals surface area contributed by atoms with Crippen LogP contribution in [0.2, 0.25) is 0 Å². The molecule has 1 aliphatic rings. The van der Waals surface area contributed by atoms with Crippen molar-refractivity contribution in [2.75, 3.05) is 12.3 Å². The normalized spacial score (nSPS) is 14.3. The van der Waals surface area contributed by atoms with Gasteiger partial charge in [-0.3, -0.25) is 4.90 Å². The average molecular weight is 279 g/mol. The fourth-order valence-electron chi connectivity index (χ4n) is 2.14. The van der Waals surface area contributed by atoms with E-state index in [1.165, 1.54) is 0 Å². The smallest absolute Gasteiger partial charge is 0.410 e. The van der Waals surface area contributed by atoms with Crippen molar-refractivity contribution in [3.63, 3.8) is 0 Å². The van der Waals surface area contributed by atoms with Crippen molar-refractivity contribution in [2.24, 2.45) is 5.73 Å². The zero-order valence-electron chi connectivity index (χ0n) is 12.1. The highest BCUT2D eigenvalue weighted by Crippen LogP contribution is 2.26. The molecule has 1 aromatic heterocycles. The van der Waals surface area contributed by atoms with E-state index in [0.717, 1.165) is 17.0 Å². The monoisotopic (exact) mass is 279 g/mol. The maximum atomic E-state index is 12.1. The van der Waals surface area contributed by atoms with E-state index >= 15 is 0 Å². The lowest BCUT2D eigenvalue weighted by atomic mass is 10.1. The first-order chi connectivity index (χ1) is 9.30. The predicted molar refractivity (Wildman–Crippen MR) is 74.7 cm³/mol. The van der Waals surface area contributed by atoms with Crippen LogP contribution in [0, 0.1) is 0 Å². The Labute approximate surface area is 118 Å². The quantitative estimate of drug-likeness (QED) is 0.829. The lowest BCUT2D eigenvalue weighted by molar-refractivity contribution is 0.0240. The van der Waals surface area contributed by atoms with Crippen molar-refractivity contribution in [1.82, 2.24) is 14.9 Å². The second kappa shape index (κ2) is 5.24. The SMILES string of the molecule is CC(C)(C)OC(=O)N1Cc2nc(N)nc(CCN)c2C1. The summed E-state index contributed by atoms with van der Waals surface area (Å²) in [6, 6.07) is 0. The van der Waals surface area contributed by atoms with Crippen molar-refractivity contribution >= 4 is 12.0 Å². The molecule has 1 aromatic rings. The Morgan fingerprint density at radius 3 is 2.65 bits per heavy atom. The lowest BCUT2D eigenvalue weighted by Gasteiger charge is -2.24. The van der Waals surface area contributed by atoms with E-state index in [-0.39, 0.29) is 12.0 Å². The van der Waals surface area contributed by atoms with Crippen LogP contribution in [0.4, 0.5) is 10.7 Å². The van der Waals surface area contributed by atoms with Crippen LogP contribution in [0.25, 0.3) is 0 Å². The predicted octanol–water partition coefficient (Wildman–Crippen LogP) is 0.811. The Morgan fingerprint density at radius 1 is 1.35 bits per heavy atom. The molecule has 2 heterocycles. The molecule has 7 heteroatoms. The van der Waals surface area contributed by atoms with Gasteiger partial charge in [-0.05, 0) is 27.3 Å². The van der Waals surface area contributed by atoms with Crippen molar-refractivity contribution in [3.8, 4) is 0 Å². The lowest BCUT2D eigenvalue weighted by Crippen LogP contribution is -2.33. The Morgan fingerprint density at radius 2 is 2.05 bits per heavy atom. The van der Waals surface area contributed by atoms with Crippen LogP contribution in [0.15, 0.2) is 0 Å². The minimum Gasteiger partial charge on any atom is -0.444 e. The van der Waals surface area contributed by atoms with Gasteiger partial charge >= 0.3 is 6.09 Å². The highest BCUT2D eigenvalue weighted by molar-refractivity contribution is 5.69. The molecule has 0 bridgehead atoms. The third kappa shape index (κ3) is 3.16. The van der Waals surface area contributed by atoms with Gasteiger partial charge in [0.2, 0.25) is 5.95 Å². The van der Waals surface area contributed by atoms with Gasteiger partial charge in [0.05, 0.1) is 24.5 Å². The van der Waals surface area contributed by atoms with Crippen LogP contribution in [0.3, 0.4) is 0 Å². The van der Waals surface area contributed by atoms with E-state index in [1.54, 1.807) is 4.90 Å². The molecule has 0 aliphatic carbocycles. The number of nitrogens with zero attached hydrogens (tertiary/aromatic N) is 3. The molecule has 0 radical (unpaired) electrons. The second-order valence-electron chi connectivity index (χ2n) is 5.83. The van der Waals surface area contributed by atoms with E-state index in [2.05, 4.69) is 9.97 Å². The molecular formula is C13H21N5O2. The summed E-state index contributed by atoms with van der Waals surface area (Å²) in [5.74, 6) is 0.221.